The van der Waals surface area contributed by atoms with Crippen LogP contribution in [0.25, 0.3) is 0 Å². The second-order valence-electron chi connectivity index (χ2n) is 9.89. The molecule has 0 radical (unpaired) electrons. The van der Waals surface area contributed by atoms with E-state index in [0.717, 1.165) is 83.7 Å². The third kappa shape index (κ3) is 7.16. The second kappa shape index (κ2) is 12.9. The van der Waals surface area contributed by atoms with Gasteiger partial charge in [0, 0.05) is 13.0 Å². The zero-order chi connectivity index (χ0) is 22.8. The lowest BCUT2D eigenvalue weighted by Crippen LogP contribution is -2.42. The van der Waals surface area contributed by atoms with Gasteiger partial charge in [-0.2, -0.15) is 0 Å². The topological polar surface area (TPSA) is 65.0 Å². The maximum absolute atomic E-state index is 11.4. The molecule has 0 bridgehead atoms. The minimum absolute atomic E-state index is 0.123. The zero-order valence-corrected chi connectivity index (χ0v) is 20.2. The van der Waals surface area contributed by atoms with Crippen LogP contribution >= 0.6 is 0 Å². The number of hydrogen-bond acceptors (Lipinski definition) is 5. The van der Waals surface area contributed by atoms with Crippen LogP contribution in [-0.4, -0.2) is 42.8 Å². The third-order valence-corrected chi connectivity index (χ3v) is 7.54. The van der Waals surface area contributed by atoms with Crippen LogP contribution in [0.5, 0.6) is 0 Å². The van der Waals surface area contributed by atoms with Crippen LogP contribution in [0.1, 0.15) is 96.8 Å². The number of fused-ring (bicyclic) bond motifs is 1. The van der Waals surface area contributed by atoms with E-state index in [9.17, 15) is 9.90 Å². The fourth-order valence-electron chi connectivity index (χ4n) is 5.71. The first kappa shape index (κ1) is 25.5. The Kier molecular flexibility index (Phi) is 10.3. The van der Waals surface area contributed by atoms with Crippen molar-refractivity contribution in [1.29, 1.82) is 0 Å². The number of carbonyl (C=O) groups is 1. The molecule has 1 aliphatic heterocycles. The van der Waals surface area contributed by atoms with Crippen LogP contribution < -0.4 is 0 Å². The van der Waals surface area contributed by atoms with E-state index in [1.54, 1.807) is 0 Å². The van der Waals surface area contributed by atoms with Crippen molar-refractivity contribution in [3.63, 3.8) is 0 Å². The predicted octanol–water partition coefficient (Wildman–Crippen LogP) is 5.86. The number of esters is 1. The molecule has 1 saturated carbocycles. The number of carbonyl (C=O) groups excluding carboxylic acids is 1. The summed E-state index contributed by atoms with van der Waals surface area (Å²) in [6.07, 6.45) is 20.1. The molecule has 1 saturated heterocycles. The van der Waals surface area contributed by atoms with Crippen molar-refractivity contribution >= 4 is 5.97 Å². The standard InChI is InChI=1S/C27H44O5/c1-3-4-5-10-23(28)16-18-27(32-26-12-6-7-19-31-26)17-15-22-20-21(13-14-24(22)27)9-8-11-25(29)30-2/h16,18,20,22-24,26,28H,3-15,17,19H2,1-2H3/t22-,23?,24-,26?,27+/m0/s1. The van der Waals surface area contributed by atoms with Gasteiger partial charge in [0.15, 0.2) is 6.29 Å². The molecular weight excluding hydrogens is 404 g/mol. The first-order valence-electron chi connectivity index (χ1n) is 13.0. The number of aliphatic hydroxyl groups excluding tert-OH is 1. The Bertz CT molecular complexity index is 636. The molecule has 2 aliphatic carbocycles. The summed E-state index contributed by atoms with van der Waals surface area (Å²) in [5.74, 6) is 0.807. The number of allylic oxidation sites excluding steroid dienone is 2. The highest BCUT2D eigenvalue weighted by molar-refractivity contribution is 5.69. The van der Waals surface area contributed by atoms with Crippen molar-refractivity contribution in [3.05, 3.63) is 23.8 Å². The van der Waals surface area contributed by atoms with Crippen LogP contribution in [0.4, 0.5) is 0 Å². The summed E-state index contributed by atoms with van der Waals surface area (Å²) >= 11 is 0. The van der Waals surface area contributed by atoms with Crippen molar-refractivity contribution in [3.8, 4) is 0 Å². The van der Waals surface area contributed by atoms with E-state index in [4.69, 9.17) is 14.2 Å². The van der Waals surface area contributed by atoms with Crippen LogP contribution in [0.15, 0.2) is 23.8 Å². The highest BCUT2D eigenvalue weighted by atomic mass is 16.7. The molecule has 0 aromatic carbocycles. The van der Waals surface area contributed by atoms with Gasteiger partial charge < -0.3 is 19.3 Å². The minimum Gasteiger partial charge on any atom is -0.469 e. The summed E-state index contributed by atoms with van der Waals surface area (Å²) in [4.78, 5) is 11.4. The summed E-state index contributed by atoms with van der Waals surface area (Å²) in [6, 6.07) is 0. The van der Waals surface area contributed by atoms with Gasteiger partial charge in [-0.3, -0.25) is 4.79 Å². The number of ether oxygens (including phenoxy) is 3. The van der Waals surface area contributed by atoms with Crippen molar-refractivity contribution in [1.82, 2.24) is 0 Å². The van der Waals surface area contributed by atoms with E-state index in [0.29, 0.717) is 18.3 Å². The Balaban J connectivity index is 1.66. The molecule has 3 aliphatic rings. The molecule has 5 heteroatoms. The predicted molar refractivity (Wildman–Crippen MR) is 126 cm³/mol. The van der Waals surface area contributed by atoms with Crippen molar-refractivity contribution < 1.29 is 24.1 Å². The van der Waals surface area contributed by atoms with E-state index in [1.165, 1.54) is 19.1 Å². The van der Waals surface area contributed by atoms with E-state index in [1.807, 2.05) is 6.08 Å². The van der Waals surface area contributed by atoms with Gasteiger partial charge in [0.05, 0.1) is 18.8 Å². The molecule has 0 spiro atoms. The lowest BCUT2D eigenvalue weighted by Gasteiger charge is -2.40. The molecule has 2 fully saturated rings. The van der Waals surface area contributed by atoms with Gasteiger partial charge in [0.2, 0.25) is 0 Å². The Morgan fingerprint density at radius 2 is 2.16 bits per heavy atom. The fraction of sp³-hybridized carbons (Fsp3) is 0.815. The van der Waals surface area contributed by atoms with Gasteiger partial charge in [-0.05, 0) is 76.0 Å². The highest BCUT2D eigenvalue weighted by Crippen LogP contribution is 2.51. The van der Waals surface area contributed by atoms with Gasteiger partial charge in [-0.1, -0.05) is 50.0 Å². The smallest absolute Gasteiger partial charge is 0.305 e. The quantitative estimate of drug-likeness (QED) is 0.230. The molecule has 5 nitrogen and oxygen atoms in total. The van der Waals surface area contributed by atoms with Gasteiger partial charge in [-0.15, -0.1) is 0 Å². The molecule has 5 atom stereocenters. The van der Waals surface area contributed by atoms with Crippen molar-refractivity contribution in [2.45, 2.75) is 115 Å². The molecule has 1 heterocycles. The second-order valence-corrected chi connectivity index (χ2v) is 9.89. The number of unbranched alkanes of at least 4 members (excludes halogenated alkanes) is 2. The highest BCUT2D eigenvalue weighted by Gasteiger charge is 2.49. The molecule has 0 aromatic rings. The maximum atomic E-state index is 11.4. The molecular formula is C27H44O5. The fourth-order valence-corrected chi connectivity index (χ4v) is 5.71. The van der Waals surface area contributed by atoms with Crippen LogP contribution in [-0.2, 0) is 19.0 Å². The van der Waals surface area contributed by atoms with E-state index in [-0.39, 0.29) is 17.9 Å². The van der Waals surface area contributed by atoms with Crippen LogP contribution in [0.2, 0.25) is 0 Å². The molecule has 32 heavy (non-hydrogen) atoms. The number of aliphatic hydroxyl groups is 1. The van der Waals surface area contributed by atoms with E-state index in [2.05, 4.69) is 19.1 Å². The Hall–Kier alpha value is -1.17. The van der Waals surface area contributed by atoms with Crippen LogP contribution in [0, 0.1) is 11.8 Å². The SMILES string of the molecule is CCCCCC(O)C=C[C@]1(OC2CCCCO2)CC[C@H]2C=C(CCCC(=O)OC)CC[C@@H]21. The van der Waals surface area contributed by atoms with Gasteiger partial charge in [-0.25, -0.2) is 0 Å². The van der Waals surface area contributed by atoms with Gasteiger partial charge in [0.1, 0.15) is 0 Å². The first-order chi connectivity index (χ1) is 15.6. The van der Waals surface area contributed by atoms with Crippen molar-refractivity contribution in [2.24, 2.45) is 11.8 Å². The Labute approximate surface area is 194 Å². The molecule has 0 aromatic heterocycles. The summed E-state index contributed by atoms with van der Waals surface area (Å²) < 4.78 is 17.5. The minimum atomic E-state index is -0.402. The maximum Gasteiger partial charge on any atom is 0.305 e. The summed E-state index contributed by atoms with van der Waals surface area (Å²) in [6.45, 7) is 2.97. The van der Waals surface area contributed by atoms with Gasteiger partial charge in [0.25, 0.3) is 0 Å². The Morgan fingerprint density at radius 3 is 2.91 bits per heavy atom. The summed E-state index contributed by atoms with van der Waals surface area (Å²) in [5, 5.41) is 10.5. The molecule has 1 N–H and O–H groups in total. The summed E-state index contributed by atoms with van der Waals surface area (Å²) in [5.41, 5.74) is 1.13. The lowest BCUT2D eigenvalue weighted by molar-refractivity contribution is -0.221. The number of hydrogen-bond donors (Lipinski definition) is 1. The van der Waals surface area contributed by atoms with Gasteiger partial charge >= 0.3 is 5.97 Å². The number of methoxy groups -OCH3 is 1. The molecule has 2 unspecified atom stereocenters. The average Bonchev–Trinajstić information content (AvgIpc) is 3.16. The molecule has 3 rings (SSSR count). The normalized spacial score (nSPS) is 31.3. The van der Waals surface area contributed by atoms with Crippen molar-refractivity contribution in [2.75, 3.05) is 13.7 Å². The van der Waals surface area contributed by atoms with Crippen LogP contribution in [0.3, 0.4) is 0 Å². The lowest BCUT2D eigenvalue weighted by atomic mass is 9.75. The van der Waals surface area contributed by atoms with E-state index < -0.39 is 6.10 Å². The number of rotatable bonds is 12. The van der Waals surface area contributed by atoms with E-state index >= 15 is 0 Å². The zero-order valence-electron chi connectivity index (χ0n) is 20.2. The monoisotopic (exact) mass is 448 g/mol. The molecule has 182 valence electrons. The Morgan fingerprint density at radius 1 is 1.28 bits per heavy atom. The third-order valence-electron chi connectivity index (χ3n) is 7.54. The first-order valence-corrected chi connectivity index (χ1v) is 13.0. The summed E-state index contributed by atoms with van der Waals surface area (Å²) in [7, 11) is 1.45. The molecule has 0 amide bonds. The largest absolute Gasteiger partial charge is 0.469 e. The average molecular weight is 449 g/mol.